The van der Waals surface area contributed by atoms with Crippen molar-refractivity contribution >= 4 is 39.5 Å². The Bertz CT molecular complexity index is 562. The summed E-state index contributed by atoms with van der Waals surface area (Å²) in [6.45, 7) is 3.80. The van der Waals surface area contributed by atoms with E-state index in [2.05, 4.69) is 31.9 Å². The highest BCUT2D eigenvalue weighted by Gasteiger charge is 2.15. The van der Waals surface area contributed by atoms with Crippen LogP contribution in [0.5, 0.6) is 0 Å². The lowest BCUT2D eigenvalue weighted by atomic mass is 10.2. The summed E-state index contributed by atoms with van der Waals surface area (Å²) in [6, 6.07) is 3.11. The fourth-order valence-corrected chi connectivity index (χ4v) is 1.94. The molecule has 0 saturated heterocycles. The Morgan fingerprint density at radius 1 is 1.33 bits per heavy atom. The smallest absolute Gasteiger partial charge is 0.336 e. The van der Waals surface area contributed by atoms with Crippen molar-refractivity contribution in [3.05, 3.63) is 28.2 Å². The van der Waals surface area contributed by atoms with Gasteiger partial charge in [0.1, 0.15) is 6.04 Å². The van der Waals surface area contributed by atoms with Gasteiger partial charge in [0.2, 0.25) is 5.91 Å². The number of hydrogen-bond donors (Lipinski definition) is 4. The average Bonchev–Trinajstić information content (AvgIpc) is 2.40. The van der Waals surface area contributed by atoms with E-state index >= 15 is 0 Å². The highest BCUT2D eigenvalue weighted by Crippen LogP contribution is 2.21. The summed E-state index contributed by atoms with van der Waals surface area (Å²) in [6.07, 6.45) is 0. The van der Waals surface area contributed by atoms with Gasteiger partial charge in [-0.05, 0) is 48.0 Å². The molecular formula is C13H16BrN3O4. The van der Waals surface area contributed by atoms with Gasteiger partial charge in [0.25, 0.3) is 0 Å². The summed E-state index contributed by atoms with van der Waals surface area (Å²) < 4.78 is 0.414. The monoisotopic (exact) mass is 357 g/mol. The number of halogens is 1. The number of likely N-dealkylation sites (N-methyl/N-ethyl adjacent to an activating group) is 1. The molecule has 114 valence electrons. The molecule has 0 spiro atoms. The Morgan fingerprint density at radius 2 is 2.00 bits per heavy atom. The van der Waals surface area contributed by atoms with E-state index in [1.807, 2.05) is 0 Å². The first-order chi connectivity index (χ1) is 9.85. The third kappa shape index (κ3) is 5.07. The highest BCUT2D eigenvalue weighted by molar-refractivity contribution is 9.10. The van der Waals surface area contributed by atoms with Crippen molar-refractivity contribution in [3.8, 4) is 0 Å². The number of hydrogen-bond acceptors (Lipinski definition) is 3. The molecule has 0 fully saturated rings. The largest absolute Gasteiger partial charge is 0.478 e. The molecule has 1 atom stereocenters. The normalized spacial score (nSPS) is 11.4. The minimum absolute atomic E-state index is 0.0320. The van der Waals surface area contributed by atoms with Crippen molar-refractivity contribution in [2.75, 3.05) is 11.9 Å². The van der Waals surface area contributed by atoms with Gasteiger partial charge in [0.05, 0.1) is 5.56 Å². The lowest BCUT2D eigenvalue weighted by Gasteiger charge is -2.14. The van der Waals surface area contributed by atoms with Crippen LogP contribution in [-0.2, 0) is 4.79 Å². The van der Waals surface area contributed by atoms with Crippen LogP contribution >= 0.6 is 15.9 Å². The summed E-state index contributed by atoms with van der Waals surface area (Å²) in [4.78, 5) is 34.2. The number of rotatable bonds is 5. The van der Waals surface area contributed by atoms with E-state index in [4.69, 9.17) is 5.11 Å². The molecule has 7 nitrogen and oxygen atoms in total. The molecule has 0 saturated carbocycles. The summed E-state index contributed by atoms with van der Waals surface area (Å²) >= 11 is 3.11. The number of anilines is 1. The van der Waals surface area contributed by atoms with Crippen molar-refractivity contribution < 1.29 is 19.5 Å². The van der Waals surface area contributed by atoms with Gasteiger partial charge in [-0.1, -0.05) is 0 Å². The zero-order valence-corrected chi connectivity index (χ0v) is 13.2. The topological polar surface area (TPSA) is 108 Å². The third-order valence-corrected chi connectivity index (χ3v) is 3.24. The second kappa shape index (κ2) is 7.63. The minimum atomic E-state index is -1.11. The van der Waals surface area contributed by atoms with E-state index in [0.717, 1.165) is 0 Å². The van der Waals surface area contributed by atoms with Gasteiger partial charge in [0.15, 0.2) is 0 Å². The maximum absolute atomic E-state index is 11.7. The fourth-order valence-electron chi connectivity index (χ4n) is 1.52. The van der Waals surface area contributed by atoms with E-state index in [1.165, 1.54) is 12.1 Å². The molecule has 3 amide bonds. The van der Waals surface area contributed by atoms with Crippen LogP contribution < -0.4 is 16.0 Å². The van der Waals surface area contributed by atoms with Gasteiger partial charge in [-0.15, -0.1) is 0 Å². The third-order valence-electron chi connectivity index (χ3n) is 2.55. The van der Waals surface area contributed by atoms with Crippen LogP contribution in [0.2, 0.25) is 0 Å². The van der Waals surface area contributed by atoms with Crippen LogP contribution in [0.4, 0.5) is 10.5 Å². The van der Waals surface area contributed by atoms with Crippen LogP contribution in [0.1, 0.15) is 24.2 Å². The number of carboxylic acids is 1. The molecule has 0 radical (unpaired) electrons. The van der Waals surface area contributed by atoms with Crippen LogP contribution in [-0.4, -0.2) is 35.6 Å². The number of carboxylic acid groups (broad SMARTS) is 1. The maximum Gasteiger partial charge on any atom is 0.336 e. The van der Waals surface area contributed by atoms with Gasteiger partial charge < -0.3 is 21.1 Å². The predicted molar refractivity (Wildman–Crippen MR) is 81.4 cm³/mol. The Hall–Kier alpha value is -2.09. The molecule has 0 heterocycles. The number of nitrogens with one attached hydrogen (secondary N) is 3. The average molecular weight is 358 g/mol. The number of amides is 3. The second-order valence-electron chi connectivity index (χ2n) is 4.21. The Balaban J connectivity index is 2.69. The molecule has 0 aromatic heterocycles. The maximum atomic E-state index is 11.7. The Kier molecular flexibility index (Phi) is 6.16. The minimum Gasteiger partial charge on any atom is -0.478 e. The van der Waals surface area contributed by atoms with E-state index in [0.29, 0.717) is 16.7 Å². The van der Waals surface area contributed by atoms with E-state index in [9.17, 15) is 14.4 Å². The molecule has 0 aliphatic carbocycles. The van der Waals surface area contributed by atoms with Crippen molar-refractivity contribution in [2.45, 2.75) is 19.9 Å². The number of carbonyl (C=O) groups is 3. The standard InChI is InChI=1S/C13H16BrN3O4/c1-3-15-11(18)7(2)16-13(21)17-8-4-5-10(14)9(6-8)12(19)20/h4-7H,3H2,1-2H3,(H,15,18)(H,19,20)(H2,16,17,21). The van der Waals surface area contributed by atoms with Crippen LogP contribution in [0.15, 0.2) is 22.7 Å². The lowest BCUT2D eigenvalue weighted by Crippen LogP contribution is -2.46. The molecule has 0 aliphatic heterocycles. The van der Waals surface area contributed by atoms with Gasteiger partial charge in [0, 0.05) is 16.7 Å². The van der Waals surface area contributed by atoms with Gasteiger partial charge in [-0.2, -0.15) is 0 Å². The quantitative estimate of drug-likeness (QED) is 0.644. The van der Waals surface area contributed by atoms with Gasteiger partial charge in [-0.3, -0.25) is 4.79 Å². The van der Waals surface area contributed by atoms with Crippen molar-refractivity contribution in [1.82, 2.24) is 10.6 Å². The molecule has 1 aromatic carbocycles. The van der Waals surface area contributed by atoms with Crippen LogP contribution in [0, 0.1) is 0 Å². The van der Waals surface area contributed by atoms with Crippen LogP contribution in [0.3, 0.4) is 0 Å². The van der Waals surface area contributed by atoms with E-state index < -0.39 is 18.0 Å². The zero-order valence-electron chi connectivity index (χ0n) is 11.6. The molecule has 1 unspecified atom stereocenters. The molecule has 0 bridgehead atoms. The summed E-state index contributed by atoms with van der Waals surface area (Å²) in [7, 11) is 0. The predicted octanol–water partition coefficient (Wildman–Crippen LogP) is 1.79. The molecule has 8 heteroatoms. The molecule has 4 N–H and O–H groups in total. The number of benzene rings is 1. The van der Waals surface area contributed by atoms with Gasteiger partial charge >= 0.3 is 12.0 Å². The zero-order chi connectivity index (χ0) is 16.0. The number of carbonyl (C=O) groups excluding carboxylic acids is 2. The molecule has 1 aromatic rings. The van der Waals surface area contributed by atoms with E-state index in [1.54, 1.807) is 19.9 Å². The molecule has 0 aliphatic rings. The second-order valence-corrected chi connectivity index (χ2v) is 5.07. The Morgan fingerprint density at radius 3 is 2.57 bits per heavy atom. The number of urea groups is 1. The SMILES string of the molecule is CCNC(=O)C(C)NC(=O)Nc1ccc(Br)c(C(=O)O)c1. The van der Waals surface area contributed by atoms with E-state index in [-0.39, 0.29) is 11.5 Å². The lowest BCUT2D eigenvalue weighted by molar-refractivity contribution is -0.122. The van der Waals surface area contributed by atoms with Crippen molar-refractivity contribution in [3.63, 3.8) is 0 Å². The van der Waals surface area contributed by atoms with Gasteiger partial charge in [-0.25, -0.2) is 9.59 Å². The first kappa shape index (κ1) is 17.0. The molecule has 1 rings (SSSR count). The molecular weight excluding hydrogens is 342 g/mol. The fraction of sp³-hybridized carbons (Fsp3) is 0.308. The first-order valence-corrected chi connectivity index (χ1v) is 7.02. The summed E-state index contributed by atoms with van der Waals surface area (Å²) in [5.41, 5.74) is 0.348. The van der Waals surface area contributed by atoms with Crippen molar-refractivity contribution in [1.29, 1.82) is 0 Å². The van der Waals surface area contributed by atoms with Crippen LogP contribution in [0.25, 0.3) is 0 Å². The Labute approximate surface area is 130 Å². The summed E-state index contributed by atoms with van der Waals surface area (Å²) in [5, 5.41) is 16.5. The first-order valence-electron chi connectivity index (χ1n) is 6.23. The highest BCUT2D eigenvalue weighted by atomic mass is 79.9. The number of aromatic carboxylic acids is 1. The van der Waals surface area contributed by atoms with Crippen molar-refractivity contribution in [2.24, 2.45) is 0 Å². The summed E-state index contributed by atoms with van der Waals surface area (Å²) in [5.74, 6) is -1.41. The molecule has 21 heavy (non-hydrogen) atoms.